The lowest BCUT2D eigenvalue weighted by Crippen LogP contribution is -2.38. The summed E-state index contributed by atoms with van der Waals surface area (Å²) in [6.45, 7) is 0. The Morgan fingerprint density at radius 3 is 2.62 bits per heavy atom. The van der Waals surface area contributed by atoms with Crippen molar-refractivity contribution >= 4 is 17.5 Å². The van der Waals surface area contributed by atoms with Gasteiger partial charge in [0, 0.05) is 5.02 Å². The molecule has 13 heavy (non-hydrogen) atoms. The fourth-order valence-electron chi connectivity index (χ4n) is 1.00. The number of amides is 1. The van der Waals surface area contributed by atoms with E-state index in [-0.39, 0.29) is 0 Å². The maximum atomic E-state index is 10.7. The highest BCUT2D eigenvalue weighted by atomic mass is 35.5. The van der Waals surface area contributed by atoms with Gasteiger partial charge in [0.2, 0.25) is 5.91 Å². The molecule has 0 heterocycles. The second-order valence-corrected chi connectivity index (χ2v) is 3.21. The molecule has 0 aliphatic carbocycles. The first kappa shape index (κ1) is 10.0. The summed E-state index contributed by atoms with van der Waals surface area (Å²) in [5, 5.41) is 0.610. The molecule has 0 unspecified atom stereocenters. The monoisotopic (exact) mass is 198 g/mol. The first-order valence-electron chi connectivity index (χ1n) is 3.89. The Hall–Kier alpha value is -1.06. The molecule has 4 heteroatoms. The topological polar surface area (TPSA) is 69.1 Å². The van der Waals surface area contributed by atoms with Crippen molar-refractivity contribution in [1.29, 1.82) is 0 Å². The van der Waals surface area contributed by atoms with Crippen LogP contribution in [0.25, 0.3) is 0 Å². The number of halogens is 1. The molecule has 1 atom stereocenters. The second-order valence-electron chi connectivity index (χ2n) is 2.80. The molecule has 1 amide bonds. The van der Waals surface area contributed by atoms with E-state index in [1.54, 1.807) is 6.07 Å². The predicted molar refractivity (Wildman–Crippen MR) is 52.3 cm³/mol. The fourth-order valence-corrected chi connectivity index (χ4v) is 1.21. The number of nitrogens with two attached hydrogens (primary N) is 2. The summed E-state index contributed by atoms with van der Waals surface area (Å²) in [6, 6.07) is 6.58. The number of benzene rings is 1. The number of rotatable bonds is 3. The number of hydrogen-bond acceptors (Lipinski definition) is 2. The fraction of sp³-hybridized carbons (Fsp3) is 0.222. The Balaban J connectivity index is 2.74. The molecule has 1 aromatic rings. The maximum Gasteiger partial charge on any atom is 0.234 e. The first-order valence-corrected chi connectivity index (χ1v) is 4.27. The Bertz CT molecular complexity index is 314. The molecule has 0 aliphatic heterocycles. The molecule has 0 fully saturated rings. The van der Waals surface area contributed by atoms with Crippen molar-refractivity contribution in [3.05, 3.63) is 34.9 Å². The molecule has 0 bridgehead atoms. The van der Waals surface area contributed by atoms with Gasteiger partial charge in [-0.05, 0) is 18.1 Å². The molecule has 0 saturated carbocycles. The van der Waals surface area contributed by atoms with E-state index in [2.05, 4.69) is 0 Å². The summed E-state index contributed by atoms with van der Waals surface area (Å²) in [5.74, 6) is -0.514. The zero-order valence-electron chi connectivity index (χ0n) is 7.03. The molecule has 0 saturated heterocycles. The zero-order valence-corrected chi connectivity index (χ0v) is 7.79. The lowest BCUT2D eigenvalue weighted by molar-refractivity contribution is -0.119. The van der Waals surface area contributed by atoms with Crippen molar-refractivity contribution in [2.24, 2.45) is 11.5 Å². The van der Waals surface area contributed by atoms with Crippen LogP contribution in [0.2, 0.25) is 5.02 Å². The van der Waals surface area contributed by atoms with Gasteiger partial charge in [-0.25, -0.2) is 0 Å². The van der Waals surface area contributed by atoms with Crippen molar-refractivity contribution < 1.29 is 4.79 Å². The largest absolute Gasteiger partial charge is 0.368 e. The van der Waals surface area contributed by atoms with Gasteiger partial charge >= 0.3 is 0 Å². The van der Waals surface area contributed by atoms with Crippen LogP contribution in [0.1, 0.15) is 5.56 Å². The van der Waals surface area contributed by atoms with E-state index in [1.165, 1.54) is 0 Å². The summed E-state index contributed by atoms with van der Waals surface area (Å²) in [4.78, 5) is 10.7. The minimum absolute atomic E-state index is 0.384. The third-order valence-electron chi connectivity index (χ3n) is 1.76. The standard InChI is InChI=1S/C9H11ClN2O/c10-7-4-2-1-3-6(7)5-8(11)9(12)13/h1-4,8H,5,11H2,(H2,12,13)/t8-/m0/s1. The van der Waals surface area contributed by atoms with Gasteiger partial charge in [-0.3, -0.25) is 4.79 Å². The number of hydrogen-bond donors (Lipinski definition) is 2. The van der Waals surface area contributed by atoms with Gasteiger partial charge in [0.15, 0.2) is 0 Å². The van der Waals surface area contributed by atoms with E-state index >= 15 is 0 Å². The SMILES string of the molecule is NC(=O)[C@@H](N)Cc1ccccc1Cl. The molecule has 0 aromatic heterocycles. The number of carbonyl (C=O) groups is 1. The second kappa shape index (κ2) is 4.25. The van der Waals surface area contributed by atoms with E-state index in [1.807, 2.05) is 18.2 Å². The van der Waals surface area contributed by atoms with Crippen LogP contribution >= 0.6 is 11.6 Å². The van der Waals surface area contributed by atoms with Gasteiger partial charge in [-0.1, -0.05) is 29.8 Å². The third kappa shape index (κ3) is 2.72. The van der Waals surface area contributed by atoms with Crippen LogP contribution in [-0.4, -0.2) is 11.9 Å². The Morgan fingerprint density at radius 1 is 1.46 bits per heavy atom. The van der Waals surface area contributed by atoms with Crippen LogP contribution in [-0.2, 0) is 11.2 Å². The highest BCUT2D eigenvalue weighted by molar-refractivity contribution is 6.31. The highest BCUT2D eigenvalue weighted by Crippen LogP contribution is 2.15. The van der Waals surface area contributed by atoms with Gasteiger partial charge in [-0.15, -0.1) is 0 Å². The van der Waals surface area contributed by atoms with Crippen LogP contribution in [0.3, 0.4) is 0 Å². The van der Waals surface area contributed by atoms with Crippen LogP contribution in [0.4, 0.5) is 0 Å². The number of carbonyl (C=O) groups excluding carboxylic acids is 1. The molecule has 1 aromatic carbocycles. The molecular formula is C9H11ClN2O. The summed E-state index contributed by atoms with van der Waals surface area (Å²) in [5.41, 5.74) is 11.4. The minimum Gasteiger partial charge on any atom is -0.368 e. The van der Waals surface area contributed by atoms with E-state index in [4.69, 9.17) is 23.1 Å². The molecule has 70 valence electrons. The highest BCUT2D eigenvalue weighted by Gasteiger charge is 2.11. The lowest BCUT2D eigenvalue weighted by atomic mass is 10.1. The molecular weight excluding hydrogens is 188 g/mol. The average Bonchev–Trinajstić information content (AvgIpc) is 2.08. The van der Waals surface area contributed by atoms with Crippen LogP contribution in [0.5, 0.6) is 0 Å². The van der Waals surface area contributed by atoms with Crippen molar-refractivity contribution in [3.8, 4) is 0 Å². The molecule has 0 radical (unpaired) electrons. The number of primary amides is 1. The van der Waals surface area contributed by atoms with Gasteiger partial charge in [0.25, 0.3) is 0 Å². The van der Waals surface area contributed by atoms with E-state index in [0.717, 1.165) is 5.56 Å². The van der Waals surface area contributed by atoms with Crippen LogP contribution in [0, 0.1) is 0 Å². The molecule has 0 aliphatic rings. The summed E-state index contributed by atoms with van der Waals surface area (Å²) in [7, 11) is 0. The lowest BCUT2D eigenvalue weighted by Gasteiger charge is -2.08. The maximum absolute atomic E-state index is 10.7. The first-order chi connectivity index (χ1) is 6.11. The van der Waals surface area contributed by atoms with Crippen molar-refractivity contribution in [1.82, 2.24) is 0 Å². The molecule has 1 rings (SSSR count). The van der Waals surface area contributed by atoms with Crippen LogP contribution < -0.4 is 11.5 Å². The Kier molecular flexibility index (Phi) is 3.28. The smallest absolute Gasteiger partial charge is 0.234 e. The average molecular weight is 199 g/mol. The molecule has 4 N–H and O–H groups in total. The molecule has 0 spiro atoms. The van der Waals surface area contributed by atoms with E-state index in [9.17, 15) is 4.79 Å². The zero-order chi connectivity index (χ0) is 9.84. The minimum atomic E-state index is -0.667. The van der Waals surface area contributed by atoms with Crippen molar-refractivity contribution in [3.63, 3.8) is 0 Å². The summed E-state index contributed by atoms with van der Waals surface area (Å²) < 4.78 is 0. The van der Waals surface area contributed by atoms with Gasteiger partial charge in [0.1, 0.15) is 0 Å². The molecule has 3 nitrogen and oxygen atoms in total. The predicted octanol–water partition coefficient (Wildman–Crippen LogP) is 0.695. The summed E-state index contributed by atoms with van der Waals surface area (Å²) >= 11 is 5.87. The van der Waals surface area contributed by atoms with Crippen molar-refractivity contribution in [2.75, 3.05) is 0 Å². The van der Waals surface area contributed by atoms with Gasteiger partial charge in [-0.2, -0.15) is 0 Å². The van der Waals surface area contributed by atoms with E-state index < -0.39 is 11.9 Å². The van der Waals surface area contributed by atoms with Crippen LogP contribution in [0.15, 0.2) is 24.3 Å². The Morgan fingerprint density at radius 2 is 2.08 bits per heavy atom. The normalized spacial score (nSPS) is 12.5. The Labute approximate surface area is 81.7 Å². The van der Waals surface area contributed by atoms with Crippen molar-refractivity contribution in [2.45, 2.75) is 12.5 Å². The summed E-state index contributed by atoms with van der Waals surface area (Å²) in [6.07, 6.45) is 0.384. The third-order valence-corrected chi connectivity index (χ3v) is 2.13. The van der Waals surface area contributed by atoms with E-state index in [0.29, 0.717) is 11.4 Å². The quantitative estimate of drug-likeness (QED) is 0.751. The van der Waals surface area contributed by atoms with Gasteiger partial charge < -0.3 is 11.5 Å². The van der Waals surface area contributed by atoms with Gasteiger partial charge in [0.05, 0.1) is 6.04 Å².